The van der Waals surface area contributed by atoms with Gasteiger partial charge in [0.1, 0.15) is 5.60 Å². The minimum absolute atomic E-state index is 0.345. The second-order valence-corrected chi connectivity index (χ2v) is 8.02. The van der Waals surface area contributed by atoms with Gasteiger partial charge in [0.15, 0.2) is 20.7 Å². The summed E-state index contributed by atoms with van der Waals surface area (Å²) in [6, 6.07) is 0. The molecule has 1 N–H and O–H groups in total. The van der Waals surface area contributed by atoms with Crippen LogP contribution in [-0.4, -0.2) is 43.7 Å². The second kappa shape index (κ2) is 7.04. The molecule has 1 unspecified atom stereocenters. The predicted molar refractivity (Wildman–Crippen MR) is 83.4 cm³/mol. The Bertz CT molecular complexity index is 599. The van der Waals surface area contributed by atoms with Crippen LogP contribution in [0.3, 0.4) is 0 Å². The SMILES string of the molecule is CC(C)(C)OC(=O)NCCCC1C=CN=C(S(C)(=O)=O)C1=O. The summed E-state index contributed by atoms with van der Waals surface area (Å²) >= 11 is 0. The van der Waals surface area contributed by atoms with E-state index >= 15 is 0 Å². The number of nitrogens with zero attached hydrogens (tertiary/aromatic N) is 1. The van der Waals surface area contributed by atoms with Gasteiger partial charge in [-0.15, -0.1) is 0 Å². The molecule has 0 radical (unpaired) electrons. The molecule has 0 saturated heterocycles. The first-order chi connectivity index (χ1) is 10.0. The van der Waals surface area contributed by atoms with E-state index in [0.29, 0.717) is 19.4 Å². The van der Waals surface area contributed by atoms with Crippen molar-refractivity contribution < 1.29 is 22.7 Å². The van der Waals surface area contributed by atoms with Gasteiger partial charge in [-0.3, -0.25) is 4.79 Å². The van der Waals surface area contributed by atoms with Crippen LogP contribution in [0.2, 0.25) is 0 Å². The van der Waals surface area contributed by atoms with Crippen molar-refractivity contribution in [3.8, 4) is 0 Å². The van der Waals surface area contributed by atoms with E-state index in [1.54, 1.807) is 26.8 Å². The van der Waals surface area contributed by atoms with Gasteiger partial charge in [-0.05, 0) is 33.6 Å². The van der Waals surface area contributed by atoms with Crippen molar-refractivity contribution >= 4 is 26.8 Å². The number of aliphatic imine (C=N–C) groups is 1. The number of hydrogen-bond acceptors (Lipinski definition) is 6. The van der Waals surface area contributed by atoms with E-state index in [0.717, 1.165) is 6.26 Å². The number of ketones is 1. The molecule has 1 heterocycles. The third-order valence-electron chi connectivity index (χ3n) is 2.77. The van der Waals surface area contributed by atoms with Gasteiger partial charge in [0.05, 0.1) is 0 Å². The van der Waals surface area contributed by atoms with Crippen LogP contribution in [0.5, 0.6) is 0 Å². The molecule has 0 aromatic carbocycles. The standard InChI is InChI=1S/C14H22N2O5S/c1-14(2,3)21-13(18)16-8-5-6-10-7-9-15-12(11(10)17)22(4,19)20/h7,9-10H,5-6,8H2,1-4H3,(H,16,18). The molecule has 1 atom stereocenters. The van der Waals surface area contributed by atoms with Gasteiger partial charge in [-0.25, -0.2) is 18.2 Å². The number of nitrogens with one attached hydrogen (secondary N) is 1. The maximum absolute atomic E-state index is 12.0. The molecule has 124 valence electrons. The Morgan fingerprint density at radius 3 is 2.59 bits per heavy atom. The number of rotatable bonds is 4. The summed E-state index contributed by atoms with van der Waals surface area (Å²) in [4.78, 5) is 27.1. The molecule has 1 amide bonds. The van der Waals surface area contributed by atoms with Crippen molar-refractivity contribution in [2.24, 2.45) is 10.9 Å². The third kappa shape index (κ3) is 5.97. The fourth-order valence-corrected chi connectivity index (χ4v) is 2.63. The van der Waals surface area contributed by atoms with Crippen molar-refractivity contribution in [3.63, 3.8) is 0 Å². The molecule has 1 aliphatic rings. The van der Waals surface area contributed by atoms with Gasteiger partial charge in [0.25, 0.3) is 0 Å². The van der Waals surface area contributed by atoms with Gasteiger partial charge in [0.2, 0.25) is 0 Å². The van der Waals surface area contributed by atoms with Crippen molar-refractivity contribution in [2.75, 3.05) is 12.8 Å². The van der Waals surface area contributed by atoms with E-state index < -0.39 is 38.3 Å². The summed E-state index contributed by atoms with van der Waals surface area (Å²) in [6.45, 7) is 5.65. The minimum atomic E-state index is -3.61. The van der Waals surface area contributed by atoms with Crippen molar-refractivity contribution in [2.45, 2.75) is 39.2 Å². The van der Waals surface area contributed by atoms with Gasteiger partial charge in [0, 0.05) is 24.9 Å². The highest BCUT2D eigenvalue weighted by molar-refractivity contribution is 8.07. The van der Waals surface area contributed by atoms with E-state index in [2.05, 4.69) is 10.3 Å². The Morgan fingerprint density at radius 2 is 2.05 bits per heavy atom. The van der Waals surface area contributed by atoms with E-state index in [1.807, 2.05) is 0 Å². The van der Waals surface area contributed by atoms with Crippen LogP contribution in [0, 0.1) is 5.92 Å². The molecule has 1 aliphatic heterocycles. The largest absolute Gasteiger partial charge is 0.444 e. The zero-order valence-electron chi connectivity index (χ0n) is 13.3. The number of carbonyl (C=O) groups is 2. The summed E-state index contributed by atoms with van der Waals surface area (Å²) in [6.07, 6.45) is 4.31. The summed E-state index contributed by atoms with van der Waals surface area (Å²) in [5.74, 6) is -1.02. The first-order valence-corrected chi connectivity index (χ1v) is 8.85. The van der Waals surface area contributed by atoms with Crippen molar-refractivity contribution in [1.29, 1.82) is 0 Å². The Labute approximate surface area is 130 Å². The summed E-state index contributed by atoms with van der Waals surface area (Å²) in [7, 11) is -3.61. The predicted octanol–water partition coefficient (Wildman–Crippen LogP) is 1.45. The number of sulfone groups is 1. The van der Waals surface area contributed by atoms with Crippen LogP contribution in [0.1, 0.15) is 33.6 Å². The van der Waals surface area contributed by atoms with Gasteiger partial charge in [-0.2, -0.15) is 0 Å². The lowest BCUT2D eigenvalue weighted by Crippen LogP contribution is -2.34. The Hall–Kier alpha value is -1.70. The number of alkyl carbamates (subject to hydrolysis) is 1. The zero-order valence-corrected chi connectivity index (χ0v) is 14.1. The van der Waals surface area contributed by atoms with Crippen molar-refractivity contribution in [1.82, 2.24) is 5.32 Å². The van der Waals surface area contributed by atoms with Gasteiger partial charge < -0.3 is 10.1 Å². The van der Waals surface area contributed by atoms with Gasteiger partial charge >= 0.3 is 6.09 Å². The third-order valence-corrected chi connectivity index (χ3v) is 3.78. The van der Waals surface area contributed by atoms with E-state index in [4.69, 9.17) is 4.74 Å². The fourth-order valence-electron chi connectivity index (χ4n) is 1.86. The van der Waals surface area contributed by atoms with Crippen molar-refractivity contribution in [3.05, 3.63) is 12.3 Å². The normalized spacial score (nSPS) is 18.8. The molecule has 1 rings (SSSR count). The first-order valence-electron chi connectivity index (χ1n) is 6.96. The number of amides is 1. The van der Waals surface area contributed by atoms with Crippen LogP contribution < -0.4 is 5.32 Å². The summed E-state index contributed by atoms with van der Waals surface area (Å²) in [5, 5.41) is 2.19. The highest BCUT2D eigenvalue weighted by Crippen LogP contribution is 2.16. The highest BCUT2D eigenvalue weighted by atomic mass is 32.2. The lowest BCUT2D eigenvalue weighted by Gasteiger charge is -2.20. The molecule has 0 spiro atoms. The first kappa shape index (κ1) is 18.3. The molecular weight excluding hydrogens is 308 g/mol. The lowest BCUT2D eigenvalue weighted by molar-refractivity contribution is -0.115. The monoisotopic (exact) mass is 330 g/mol. The zero-order chi connectivity index (χ0) is 17.0. The molecule has 0 aliphatic carbocycles. The quantitative estimate of drug-likeness (QED) is 0.786. The van der Waals surface area contributed by atoms with Crippen LogP contribution >= 0.6 is 0 Å². The summed E-state index contributed by atoms with van der Waals surface area (Å²) < 4.78 is 28.0. The topological polar surface area (TPSA) is 102 Å². The number of carbonyl (C=O) groups excluding carboxylic acids is 2. The Kier molecular flexibility index (Phi) is 5.87. The lowest BCUT2D eigenvalue weighted by atomic mass is 9.97. The molecule has 0 fully saturated rings. The maximum Gasteiger partial charge on any atom is 0.407 e. The highest BCUT2D eigenvalue weighted by Gasteiger charge is 2.30. The molecule has 22 heavy (non-hydrogen) atoms. The molecule has 8 heteroatoms. The fraction of sp³-hybridized carbons (Fsp3) is 0.643. The molecule has 7 nitrogen and oxygen atoms in total. The number of Topliss-reactive ketones (excluding diaryl/α,β-unsaturated/α-hetero) is 1. The van der Waals surface area contributed by atoms with E-state index in [-0.39, 0.29) is 0 Å². The number of allylic oxidation sites excluding steroid dienone is 1. The minimum Gasteiger partial charge on any atom is -0.444 e. The average Bonchev–Trinajstić information content (AvgIpc) is 2.32. The number of ether oxygens (including phenoxy) is 1. The molecule has 0 aromatic rings. The van der Waals surface area contributed by atoms with Gasteiger partial charge in [-0.1, -0.05) is 6.08 Å². The van der Waals surface area contributed by atoms with Crippen LogP contribution in [0.4, 0.5) is 4.79 Å². The van der Waals surface area contributed by atoms with Crippen LogP contribution in [0.25, 0.3) is 0 Å². The van der Waals surface area contributed by atoms with Crippen LogP contribution in [0.15, 0.2) is 17.3 Å². The van der Waals surface area contributed by atoms with E-state index in [9.17, 15) is 18.0 Å². The Morgan fingerprint density at radius 1 is 1.41 bits per heavy atom. The Balaban J connectivity index is 2.41. The molecule has 0 aromatic heterocycles. The van der Waals surface area contributed by atoms with E-state index in [1.165, 1.54) is 6.20 Å². The average molecular weight is 330 g/mol. The molecular formula is C14H22N2O5S. The smallest absolute Gasteiger partial charge is 0.407 e. The maximum atomic E-state index is 12.0. The molecule has 0 bridgehead atoms. The van der Waals surface area contributed by atoms with Crippen LogP contribution in [-0.2, 0) is 19.4 Å². The summed E-state index contributed by atoms with van der Waals surface area (Å²) in [5.41, 5.74) is -0.562. The second-order valence-electron chi connectivity index (χ2n) is 6.09. The number of hydrogen-bond donors (Lipinski definition) is 1. The molecule has 0 saturated carbocycles.